The van der Waals surface area contributed by atoms with Crippen molar-refractivity contribution < 1.29 is 14.3 Å². The van der Waals surface area contributed by atoms with Crippen molar-refractivity contribution in [2.24, 2.45) is 11.3 Å². The molecule has 0 radical (unpaired) electrons. The van der Waals surface area contributed by atoms with Crippen LogP contribution < -0.4 is 10.1 Å². The number of rotatable bonds is 10. The molecule has 3 rings (SSSR count). The topological polar surface area (TPSA) is 47.6 Å². The Bertz CT molecular complexity index is 887. The molecule has 158 valence electrons. The summed E-state index contributed by atoms with van der Waals surface area (Å²) in [6, 6.07) is 16.3. The zero-order valence-electron chi connectivity index (χ0n) is 17.9. The van der Waals surface area contributed by atoms with E-state index in [1.165, 1.54) is 0 Å². The molecule has 1 N–H and O–H groups in total. The van der Waals surface area contributed by atoms with E-state index in [-0.39, 0.29) is 5.92 Å². The van der Waals surface area contributed by atoms with E-state index in [4.69, 9.17) is 9.47 Å². The molecule has 1 aliphatic carbocycles. The molecular formula is C26H31NO3. The van der Waals surface area contributed by atoms with Crippen molar-refractivity contribution in [3.8, 4) is 5.75 Å². The van der Waals surface area contributed by atoms with Crippen molar-refractivity contribution in [3.63, 3.8) is 0 Å². The lowest BCUT2D eigenvalue weighted by atomic mass is 9.74. The highest BCUT2D eigenvalue weighted by Crippen LogP contribution is 2.46. The minimum Gasteiger partial charge on any atom is -0.496 e. The summed E-state index contributed by atoms with van der Waals surface area (Å²) in [7, 11) is 3.37. The Morgan fingerprint density at radius 3 is 2.63 bits per heavy atom. The van der Waals surface area contributed by atoms with Crippen molar-refractivity contribution in [1.29, 1.82) is 0 Å². The van der Waals surface area contributed by atoms with Gasteiger partial charge in [-0.25, -0.2) is 0 Å². The van der Waals surface area contributed by atoms with E-state index in [2.05, 4.69) is 48.3 Å². The van der Waals surface area contributed by atoms with Gasteiger partial charge in [-0.1, -0.05) is 54.6 Å². The van der Waals surface area contributed by atoms with Crippen molar-refractivity contribution in [2.45, 2.75) is 19.3 Å². The molecule has 2 unspecified atom stereocenters. The zero-order valence-corrected chi connectivity index (χ0v) is 17.9. The fourth-order valence-corrected chi connectivity index (χ4v) is 4.33. The molecular weight excluding hydrogens is 374 g/mol. The van der Waals surface area contributed by atoms with E-state index in [9.17, 15) is 4.79 Å². The predicted octanol–water partition coefficient (Wildman–Crippen LogP) is 5.16. The monoisotopic (exact) mass is 405 g/mol. The van der Waals surface area contributed by atoms with Crippen LogP contribution in [0.25, 0.3) is 6.08 Å². The van der Waals surface area contributed by atoms with Crippen LogP contribution in [0.1, 0.15) is 24.0 Å². The number of hydrogen-bond donors (Lipinski definition) is 1. The van der Waals surface area contributed by atoms with E-state index in [0.29, 0.717) is 13.2 Å². The summed E-state index contributed by atoms with van der Waals surface area (Å²) in [6.07, 6.45) is 7.59. The number of carbonyl (C=O) groups is 1. The molecule has 1 aliphatic rings. The maximum Gasteiger partial charge on any atom is 0.127 e. The van der Waals surface area contributed by atoms with Gasteiger partial charge < -0.3 is 19.6 Å². The molecule has 4 heteroatoms. The lowest BCUT2D eigenvalue weighted by Gasteiger charge is -2.29. The predicted molar refractivity (Wildman–Crippen MR) is 123 cm³/mol. The molecule has 1 fully saturated rings. The van der Waals surface area contributed by atoms with Gasteiger partial charge in [-0.2, -0.15) is 0 Å². The molecule has 0 saturated heterocycles. The fourth-order valence-electron chi connectivity index (χ4n) is 4.33. The zero-order chi connectivity index (χ0) is 21.4. The van der Waals surface area contributed by atoms with Crippen LogP contribution in [0, 0.1) is 11.3 Å². The van der Waals surface area contributed by atoms with E-state index in [0.717, 1.165) is 53.7 Å². The van der Waals surface area contributed by atoms with Crippen LogP contribution in [-0.4, -0.2) is 33.7 Å². The average Bonchev–Trinajstić information content (AvgIpc) is 3.08. The van der Waals surface area contributed by atoms with Gasteiger partial charge in [0, 0.05) is 30.3 Å². The Morgan fingerprint density at radius 1 is 1.17 bits per heavy atom. The van der Waals surface area contributed by atoms with Gasteiger partial charge in [0.1, 0.15) is 12.0 Å². The van der Waals surface area contributed by atoms with E-state index in [1.807, 2.05) is 24.3 Å². The van der Waals surface area contributed by atoms with E-state index >= 15 is 0 Å². The summed E-state index contributed by atoms with van der Waals surface area (Å²) in [5.41, 5.74) is 4.00. The van der Waals surface area contributed by atoms with Crippen molar-refractivity contribution in [2.75, 3.05) is 32.7 Å². The van der Waals surface area contributed by atoms with Gasteiger partial charge in [-0.15, -0.1) is 0 Å². The molecule has 0 heterocycles. The third-order valence-electron chi connectivity index (χ3n) is 5.88. The summed E-state index contributed by atoms with van der Waals surface area (Å²) >= 11 is 0. The number of allylic oxidation sites excluding steroid dienone is 1. The third kappa shape index (κ3) is 5.19. The molecule has 4 nitrogen and oxygen atoms in total. The number of methoxy groups -OCH3 is 2. The minimum absolute atomic E-state index is 0.199. The Labute approximate surface area is 179 Å². The molecule has 1 saturated carbocycles. The highest BCUT2D eigenvalue weighted by Gasteiger charge is 2.44. The third-order valence-corrected chi connectivity index (χ3v) is 5.88. The molecule has 0 spiro atoms. The van der Waals surface area contributed by atoms with Gasteiger partial charge in [0.2, 0.25) is 0 Å². The van der Waals surface area contributed by atoms with Crippen LogP contribution in [0.2, 0.25) is 0 Å². The lowest BCUT2D eigenvalue weighted by Crippen LogP contribution is -2.32. The second kappa shape index (κ2) is 10.3. The fraction of sp³-hybridized carbons (Fsp3) is 0.346. The Balaban J connectivity index is 1.59. The van der Waals surface area contributed by atoms with Crippen molar-refractivity contribution in [3.05, 3.63) is 77.9 Å². The number of hydrogen-bond acceptors (Lipinski definition) is 4. The average molecular weight is 406 g/mol. The standard InChI is InChI=1S/C26H31NO3/c1-20-15-23(18-29-2)26(16-20,19-28)17-21-10-12-24(13-11-21)27-14-6-8-22-7-4-5-9-25(22)30-3/h4-13,19,23,27H,1,14-18H2,2-3H3/b8-6+. The van der Waals surface area contributed by atoms with Gasteiger partial charge in [0.25, 0.3) is 0 Å². The Morgan fingerprint density at radius 2 is 1.93 bits per heavy atom. The highest BCUT2D eigenvalue weighted by atomic mass is 16.5. The molecule has 0 amide bonds. The van der Waals surface area contributed by atoms with E-state index in [1.54, 1.807) is 14.2 Å². The Hall–Kier alpha value is -2.85. The number of para-hydroxylation sites is 1. The maximum absolute atomic E-state index is 12.0. The molecule has 0 aliphatic heterocycles. The van der Waals surface area contributed by atoms with Crippen molar-refractivity contribution >= 4 is 18.0 Å². The molecule has 2 aromatic carbocycles. The summed E-state index contributed by atoms with van der Waals surface area (Å²) < 4.78 is 10.7. The van der Waals surface area contributed by atoms with E-state index < -0.39 is 5.41 Å². The molecule has 2 aromatic rings. The highest BCUT2D eigenvalue weighted by molar-refractivity contribution is 5.63. The second-order valence-corrected chi connectivity index (χ2v) is 8.03. The normalized spacial score (nSPS) is 21.1. The first-order valence-corrected chi connectivity index (χ1v) is 10.3. The Kier molecular flexibility index (Phi) is 7.47. The number of aldehydes is 1. The van der Waals surface area contributed by atoms with Crippen LogP contribution >= 0.6 is 0 Å². The minimum atomic E-state index is -0.403. The van der Waals surface area contributed by atoms with Gasteiger partial charge in [-0.05, 0) is 48.9 Å². The lowest BCUT2D eigenvalue weighted by molar-refractivity contribution is -0.119. The maximum atomic E-state index is 12.0. The van der Waals surface area contributed by atoms with Crippen LogP contribution in [-0.2, 0) is 16.0 Å². The summed E-state index contributed by atoms with van der Waals surface area (Å²) in [5.74, 6) is 1.06. The van der Waals surface area contributed by atoms with Crippen LogP contribution in [0.5, 0.6) is 5.75 Å². The van der Waals surface area contributed by atoms with Crippen LogP contribution in [0.4, 0.5) is 5.69 Å². The quantitative estimate of drug-likeness (QED) is 0.438. The van der Waals surface area contributed by atoms with Crippen LogP contribution in [0.15, 0.2) is 66.8 Å². The number of nitrogens with one attached hydrogen (secondary N) is 1. The van der Waals surface area contributed by atoms with Gasteiger partial charge in [-0.3, -0.25) is 0 Å². The van der Waals surface area contributed by atoms with Crippen molar-refractivity contribution in [1.82, 2.24) is 0 Å². The SMILES string of the molecule is C=C1CC(COC)C(C=O)(Cc2ccc(NC/C=C/c3ccccc3OC)cc2)C1. The van der Waals surface area contributed by atoms with Gasteiger partial charge >= 0.3 is 0 Å². The first kappa shape index (κ1) is 21.8. The smallest absolute Gasteiger partial charge is 0.127 e. The van der Waals surface area contributed by atoms with Gasteiger partial charge in [0.15, 0.2) is 0 Å². The summed E-state index contributed by atoms with van der Waals surface area (Å²) in [4.78, 5) is 12.0. The first-order valence-electron chi connectivity index (χ1n) is 10.3. The number of benzene rings is 2. The summed E-state index contributed by atoms with van der Waals surface area (Å²) in [5, 5.41) is 3.40. The molecule has 0 bridgehead atoms. The largest absolute Gasteiger partial charge is 0.496 e. The molecule has 0 aromatic heterocycles. The first-order chi connectivity index (χ1) is 14.6. The molecule has 2 atom stereocenters. The van der Waals surface area contributed by atoms with Gasteiger partial charge in [0.05, 0.1) is 13.7 Å². The number of anilines is 1. The summed E-state index contributed by atoms with van der Waals surface area (Å²) in [6.45, 7) is 5.43. The number of carbonyl (C=O) groups excluding carboxylic acids is 1. The second-order valence-electron chi connectivity index (χ2n) is 8.03. The molecule has 30 heavy (non-hydrogen) atoms. The number of ether oxygens (including phenoxy) is 2. The van der Waals surface area contributed by atoms with Crippen LogP contribution in [0.3, 0.4) is 0 Å².